The normalized spacial score (nSPS) is 24.5. The van der Waals surface area contributed by atoms with Crippen LogP contribution in [0, 0.1) is 5.92 Å². The maximum atomic E-state index is 12.0. The van der Waals surface area contributed by atoms with Crippen molar-refractivity contribution in [1.29, 1.82) is 0 Å². The van der Waals surface area contributed by atoms with E-state index in [9.17, 15) is 9.59 Å². The van der Waals surface area contributed by atoms with Crippen molar-refractivity contribution in [3.8, 4) is 0 Å². The highest BCUT2D eigenvalue weighted by Crippen LogP contribution is 2.32. The molecule has 1 heterocycles. The number of hydrogen-bond donors (Lipinski definition) is 3. The highest BCUT2D eigenvalue weighted by atomic mass is 16.3. The van der Waals surface area contributed by atoms with Gasteiger partial charge in [0.05, 0.1) is 24.7 Å². The lowest BCUT2D eigenvalue weighted by atomic mass is 10.0. The summed E-state index contributed by atoms with van der Waals surface area (Å²) in [4.78, 5) is 25.5. The van der Waals surface area contributed by atoms with Gasteiger partial charge in [0, 0.05) is 19.0 Å². The first-order chi connectivity index (χ1) is 8.49. The first kappa shape index (κ1) is 13.3. The third-order valence-corrected chi connectivity index (χ3v) is 3.64. The second-order valence-electron chi connectivity index (χ2n) is 5.54. The van der Waals surface area contributed by atoms with Gasteiger partial charge in [0.1, 0.15) is 0 Å². The van der Waals surface area contributed by atoms with Gasteiger partial charge in [0.15, 0.2) is 0 Å². The lowest BCUT2D eigenvalue weighted by Crippen LogP contribution is -2.53. The number of carbonyl (C=O) groups excluding carboxylic acids is 2. The number of carbonyl (C=O) groups is 2. The van der Waals surface area contributed by atoms with E-state index in [0.29, 0.717) is 12.6 Å². The van der Waals surface area contributed by atoms with Crippen molar-refractivity contribution in [2.24, 2.45) is 5.92 Å². The van der Waals surface area contributed by atoms with Crippen molar-refractivity contribution >= 4 is 11.8 Å². The molecule has 0 radical (unpaired) electrons. The highest BCUT2D eigenvalue weighted by molar-refractivity contribution is 5.89. The Labute approximate surface area is 106 Å². The van der Waals surface area contributed by atoms with Crippen molar-refractivity contribution < 1.29 is 19.8 Å². The van der Waals surface area contributed by atoms with Crippen LogP contribution in [0.15, 0.2) is 0 Å². The van der Waals surface area contributed by atoms with Gasteiger partial charge in [-0.15, -0.1) is 0 Å². The predicted molar refractivity (Wildman–Crippen MR) is 63.6 cm³/mol. The standard InChI is InChI=1S/C12H20N2O4/c1-12(6-15,7-16)13-11(18)8-4-10(17)14(5-8)9-2-3-9/h8-9,15-16H,2-7H2,1H3,(H,13,18). The number of aliphatic hydroxyl groups is 2. The van der Waals surface area contributed by atoms with Gasteiger partial charge in [0.2, 0.25) is 11.8 Å². The van der Waals surface area contributed by atoms with Crippen LogP contribution >= 0.6 is 0 Å². The molecule has 1 aliphatic carbocycles. The predicted octanol–water partition coefficient (Wildman–Crippen LogP) is -1.14. The Bertz CT molecular complexity index is 350. The molecule has 2 aliphatic rings. The van der Waals surface area contributed by atoms with Crippen molar-refractivity contribution in [3.63, 3.8) is 0 Å². The van der Waals surface area contributed by atoms with Crippen molar-refractivity contribution in [3.05, 3.63) is 0 Å². The monoisotopic (exact) mass is 256 g/mol. The second-order valence-corrected chi connectivity index (χ2v) is 5.54. The third-order valence-electron chi connectivity index (χ3n) is 3.64. The van der Waals surface area contributed by atoms with Gasteiger partial charge in [-0.2, -0.15) is 0 Å². The summed E-state index contributed by atoms with van der Waals surface area (Å²) in [6.07, 6.45) is 2.30. The lowest BCUT2D eigenvalue weighted by Gasteiger charge is -2.27. The van der Waals surface area contributed by atoms with E-state index in [2.05, 4.69) is 5.32 Å². The van der Waals surface area contributed by atoms with Gasteiger partial charge >= 0.3 is 0 Å². The third kappa shape index (κ3) is 2.64. The Morgan fingerprint density at radius 1 is 1.44 bits per heavy atom. The average Bonchev–Trinajstić information content (AvgIpc) is 3.12. The van der Waals surface area contributed by atoms with Crippen LogP contribution in [0.5, 0.6) is 0 Å². The minimum Gasteiger partial charge on any atom is -0.394 e. The van der Waals surface area contributed by atoms with E-state index in [0.717, 1.165) is 12.8 Å². The molecule has 1 aliphatic heterocycles. The van der Waals surface area contributed by atoms with Crippen LogP contribution in [0.2, 0.25) is 0 Å². The molecule has 1 saturated heterocycles. The first-order valence-corrected chi connectivity index (χ1v) is 6.32. The van der Waals surface area contributed by atoms with Gasteiger partial charge in [0.25, 0.3) is 0 Å². The summed E-state index contributed by atoms with van der Waals surface area (Å²) in [5, 5.41) is 20.9. The molecule has 3 N–H and O–H groups in total. The van der Waals surface area contributed by atoms with Crippen LogP contribution in [-0.2, 0) is 9.59 Å². The molecule has 0 aromatic heterocycles. The quantitative estimate of drug-likeness (QED) is 0.580. The average molecular weight is 256 g/mol. The zero-order chi connectivity index (χ0) is 13.3. The zero-order valence-electron chi connectivity index (χ0n) is 10.6. The number of amides is 2. The number of aliphatic hydroxyl groups excluding tert-OH is 2. The van der Waals surface area contributed by atoms with Crippen molar-refractivity contribution in [2.45, 2.75) is 37.8 Å². The number of likely N-dealkylation sites (tertiary alicyclic amines) is 1. The molecule has 2 fully saturated rings. The summed E-state index contributed by atoms with van der Waals surface area (Å²) in [5.41, 5.74) is -1.02. The molecular weight excluding hydrogens is 236 g/mol. The van der Waals surface area contributed by atoms with Gasteiger partial charge in [-0.1, -0.05) is 0 Å². The summed E-state index contributed by atoms with van der Waals surface area (Å²) in [5.74, 6) is -0.597. The molecule has 0 spiro atoms. The summed E-state index contributed by atoms with van der Waals surface area (Å²) >= 11 is 0. The van der Waals surface area contributed by atoms with E-state index in [1.807, 2.05) is 0 Å². The number of nitrogens with one attached hydrogen (secondary N) is 1. The molecule has 18 heavy (non-hydrogen) atoms. The maximum Gasteiger partial charge on any atom is 0.226 e. The van der Waals surface area contributed by atoms with E-state index >= 15 is 0 Å². The SMILES string of the molecule is CC(CO)(CO)NC(=O)C1CC(=O)N(C2CC2)C1. The topological polar surface area (TPSA) is 89.9 Å². The Morgan fingerprint density at radius 2 is 2.06 bits per heavy atom. The molecule has 6 nitrogen and oxygen atoms in total. The van der Waals surface area contributed by atoms with Crippen LogP contribution in [0.1, 0.15) is 26.2 Å². The summed E-state index contributed by atoms with van der Waals surface area (Å²) in [7, 11) is 0. The molecule has 6 heteroatoms. The Hall–Kier alpha value is -1.14. The van der Waals surface area contributed by atoms with Crippen LogP contribution in [0.25, 0.3) is 0 Å². The maximum absolute atomic E-state index is 12.0. The summed E-state index contributed by atoms with van der Waals surface area (Å²) in [6.45, 7) is 1.37. The number of hydrogen-bond acceptors (Lipinski definition) is 4. The first-order valence-electron chi connectivity index (χ1n) is 6.32. The molecular formula is C12H20N2O4. The molecule has 0 aromatic rings. The van der Waals surface area contributed by atoms with Crippen LogP contribution in [0.3, 0.4) is 0 Å². The Kier molecular flexibility index (Phi) is 3.59. The Balaban J connectivity index is 1.92. The molecule has 1 atom stereocenters. The van der Waals surface area contributed by atoms with Crippen LogP contribution < -0.4 is 5.32 Å². The van der Waals surface area contributed by atoms with Gasteiger partial charge < -0.3 is 20.4 Å². The minimum atomic E-state index is -1.02. The highest BCUT2D eigenvalue weighted by Gasteiger charge is 2.42. The van der Waals surface area contributed by atoms with E-state index in [1.165, 1.54) is 0 Å². The number of nitrogens with zero attached hydrogens (tertiary/aromatic N) is 1. The summed E-state index contributed by atoms with van der Waals surface area (Å²) in [6, 6.07) is 0.331. The van der Waals surface area contributed by atoms with E-state index in [1.54, 1.807) is 11.8 Å². The number of rotatable bonds is 5. The molecule has 1 saturated carbocycles. The molecule has 2 amide bonds. The second kappa shape index (κ2) is 4.85. The van der Waals surface area contributed by atoms with E-state index in [4.69, 9.17) is 10.2 Å². The van der Waals surface area contributed by atoms with Gasteiger partial charge in [-0.05, 0) is 19.8 Å². The zero-order valence-corrected chi connectivity index (χ0v) is 10.6. The van der Waals surface area contributed by atoms with Crippen molar-refractivity contribution in [1.82, 2.24) is 10.2 Å². The van der Waals surface area contributed by atoms with Crippen LogP contribution in [0.4, 0.5) is 0 Å². The van der Waals surface area contributed by atoms with Gasteiger partial charge in [-0.25, -0.2) is 0 Å². The van der Waals surface area contributed by atoms with Crippen LogP contribution in [-0.4, -0.2) is 58.3 Å². The van der Waals surface area contributed by atoms with E-state index in [-0.39, 0.29) is 37.4 Å². The van der Waals surface area contributed by atoms with Crippen molar-refractivity contribution in [2.75, 3.05) is 19.8 Å². The van der Waals surface area contributed by atoms with E-state index < -0.39 is 5.54 Å². The smallest absolute Gasteiger partial charge is 0.226 e. The fourth-order valence-corrected chi connectivity index (χ4v) is 2.17. The largest absolute Gasteiger partial charge is 0.394 e. The molecule has 0 bridgehead atoms. The van der Waals surface area contributed by atoms with Gasteiger partial charge in [-0.3, -0.25) is 9.59 Å². The molecule has 0 aromatic carbocycles. The molecule has 1 unspecified atom stereocenters. The fraction of sp³-hybridized carbons (Fsp3) is 0.833. The molecule has 102 valence electrons. The summed E-state index contributed by atoms with van der Waals surface area (Å²) < 4.78 is 0. The fourth-order valence-electron chi connectivity index (χ4n) is 2.17. The minimum absolute atomic E-state index is 0.0346. The molecule has 2 rings (SSSR count). The lowest BCUT2D eigenvalue weighted by molar-refractivity contribution is -0.130. The Morgan fingerprint density at radius 3 is 2.56 bits per heavy atom.